The SMILES string of the molecule is CC(=O)OC1[C@@H](CO)O[C@@H](n2cnc3c(-c4ccc(-c5cccs5)s4)ccnc32)[C@H]1OC(C)=O.O=P([O-])(O)OP(=O)([O-])OP(=O)([O-])OC[C@H]1O[C@@H](n2cnc3c(-c4ccc(-c5cccs5)s4)ccnc32)[C@@H](O)C1O.OC[C@H]1O[C@@H](n2cnc3c(-c4ccc(-c5cccs5)s4)ccnc32)[C@@H](O)C1O.c1csc(-c2ccc(-c3ccnc4nc[nH]c34)s2)c1. The summed E-state index contributed by atoms with van der Waals surface area (Å²) in [4.78, 5) is 118. The van der Waals surface area contributed by atoms with E-state index in [1.54, 1.807) is 137 Å². The molecule has 19 rings (SSSR count). The number of carbonyl (C=O) groups excluding carboxylic acids is 2. The van der Waals surface area contributed by atoms with Crippen LogP contribution in [0.1, 0.15) is 32.5 Å². The fourth-order valence-electron chi connectivity index (χ4n) is 13.5. The van der Waals surface area contributed by atoms with E-state index in [4.69, 9.17) is 28.6 Å². The number of aliphatic hydroxyl groups excluding tert-OH is 6. The molecule has 3 aliphatic rings. The molecule has 46 heteroatoms. The van der Waals surface area contributed by atoms with Crippen molar-refractivity contribution in [3.05, 3.63) is 193 Å². The number of rotatable bonds is 22. The molecule has 0 aliphatic carbocycles. The summed E-state index contributed by atoms with van der Waals surface area (Å²) in [5, 5.41) is 68.7. The van der Waals surface area contributed by atoms with Crippen LogP contribution < -0.4 is 14.7 Å². The fourth-order valence-corrected chi connectivity index (χ4v) is 23.9. The lowest BCUT2D eigenvalue weighted by Gasteiger charge is -2.33. The van der Waals surface area contributed by atoms with Crippen molar-refractivity contribution >= 4 is 171 Å². The third-order valence-electron chi connectivity index (χ3n) is 18.8. The largest absolute Gasteiger partial charge is 0.756 e. The number of pyridine rings is 4. The molecule has 16 aromatic heterocycles. The first-order valence-electron chi connectivity index (χ1n) is 36.0. The zero-order valence-electron chi connectivity index (χ0n) is 62.2. The highest BCUT2D eigenvalue weighted by molar-refractivity contribution is 7.65. The Hall–Kier alpha value is -8.93. The lowest BCUT2D eigenvalue weighted by molar-refractivity contribution is -0.250. The van der Waals surface area contributed by atoms with E-state index in [-0.39, 0.29) is 12.3 Å². The minimum absolute atomic E-state index is 0.287. The average molecular weight is 1850 g/mol. The summed E-state index contributed by atoms with van der Waals surface area (Å²) in [6, 6.07) is 40.6. The fraction of sp³-hybridized carbons (Fsp3) is 0.227. The summed E-state index contributed by atoms with van der Waals surface area (Å²) in [5.74, 6) is -1.13. The zero-order chi connectivity index (χ0) is 84.6. The number of ether oxygens (including phenoxy) is 5. The van der Waals surface area contributed by atoms with Crippen LogP contribution in [0.3, 0.4) is 0 Å². The van der Waals surface area contributed by atoms with E-state index in [0.29, 0.717) is 27.8 Å². The maximum atomic E-state index is 11.8. The van der Waals surface area contributed by atoms with Crippen LogP contribution >= 0.6 is 114 Å². The summed E-state index contributed by atoms with van der Waals surface area (Å²) in [5.41, 5.74) is 8.72. The number of phosphoric ester groups is 1. The highest BCUT2D eigenvalue weighted by atomic mass is 32.1. The van der Waals surface area contributed by atoms with Crippen molar-refractivity contribution < 1.29 is 110 Å². The maximum absolute atomic E-state index is 11.8. The van der Waals surface area contributed by atoms with Gasteiger partial charge in [-0.05, 0) is 119 Å². The predicted octanol–water partition coefficient (Wildman–Crippen LogP) is 11.5. The van der Waals surface area contributed by atoms with Crippen LogP contribution in [0, 0.1) is 0 Å². The molecule has 628 valence electrons. The Morgan fingerprint density at radius 2 is 0.810 bits per heavy atom. The number of esters is 2. The first-order valence-corrected chi connectivity index (χ1v) is 47.2. The predicted molar refractivity (Wildman–Crippen MR) is 447 cm³/mol. The topological polar surface area (TPSA) is 504 Å². The first-order chi connectivity index (χ1) is 58.3. The van der Waals surface area contributed by atoms with Gasteiger partial charge in [0, 0.05) is 119 Å². The molecule has 19 heterocycles. The quantitative estimate of drug-likeness (QED) is 0.0231. The number of nitrogens with zero attached hydrogens (tertiary/aromatic N) is 11. The van der Waals surface area contributed by atoms with E-state index in [1.165, 1.54) is 65.1 Å². The second-order valence-corrected chi connectivity index (χ2v) is 39.0. The van der Waals surface area contributed by atoms with Gasteiger partial charge < -0.3 is 83.4 Å². The van der Waals surface area contributed by atoms with Gasteiger partial charge in [-0.15, -0.1) is 90.7 Å². The van der Waals surface area contributed by atoms with Crippen molar-refractivity contribution in [2.45, 2.75) is 87.5 Å². The van der Waals surface area contributed by atoms with Crippen LogP contribution in [0.5, 0.6) is 0 Å². The molecule has 35 nitrogen and oxygen atoms in total. The van der Waals surface area contributed by atoms with Gasteiger partial charge in [-0.25, -0.2) is 48.5 Å². The summed E-state index contributed by atoms with van der Waals surface area (Å²) in [6.45, 7) is 0.672. The van der Waals surface area contributed by atoms with Gasteiger partial charge in [0.25, 0.3) is 23.5 Å². The Kier molecular flexibility index (Phi) is 25.8. The summed E-state index contributed by atoms with van der Waals surface area (Å²) in [6.07, 6.45) is -1.07. The highest BCUT2D eigenvalue weighted by Gasteiger charge is 2.51. The number of hydrogen-bond donors (Lipinski definition) is 8. The van der Waals surface area contributed by atoms with Crippen LogP contribution in [0.25, 0.3) is 125 Å². The normalized spacial score (nSPS) is 22.3. The van der Waals surface area contributed by atoms with E-state index < -0.39 is 122 Å². The average Bonchev–Trinajstić information content (AvgIpc) is 1.61. The van der Waals surface area contributed by atoms with Crippen LogP contribution in [0.4, 0.5) is 0 Å². The molecule has 3 aliphatic heterocycles. The van der Waals surface area contributed by atoms with Gasteiger partial charge in [-0.3, -0.25) is 37.0 Å². The Morgan fingerprint density at radius 1 is 0.438 bits per heavy atom. The molecular formula is C75H64N12O23P3S8-3. The molecule has 0 spiro atoms. The lowest BCUT2D eigenvalue weighted by atomic mass is 10.1. The van der Waals surface area contributed by atoms with Gasteiger partial charge in [-0.2, -0.15) is 0 Å². The van der Waals surface area contributed by atoms with Gasteiger partial charge in [0.15, 0.2) is 53.5 Å². The highest BCUT2D eigenvalue weighted by Crippen LogP contribution is 2.62. The number of H-pyrrole nitrogens is 1. The molecule has 0 saturated carbocycles. The smallest absolute Gasteiger partial charge is 0.303 e. The molecule has 8 N–H and O–H groups in total. The van der Waals surface area contributed by atoms with E-state index in [9.17, 15) is 68.6 Å². The molecule has 0 bridgehead atoms. The summed E-state index contributed by atoms with van der Waals surface area (Å²) < 4.78 is 77.4. The number of imidazole rings is 4. The second kappa shape index (κ2) is 36.5. The second-order valence-electron chi connectivity index (χ2n) is 26.6. The Labute approximate surface area is 715 Å². The monoisotopic (exact) mass is 1850 g/mol. The number of carbonyl (C=O) groups is 2. The molecule has 6 unspecified atom stereocenters. The number of aromatic amines is 1. The molecule has 0 aromatic carbocycles. The Bertz CT molecular complexity index is 6450. The molecule has 3 fully saturated rings. The van der Waals surface area contributed by atoms with Crippen molar-refractivity contribution in [1.29, 1.82) is 0 Å². The van der Waals surface area contributed by atoms with E-state index >= 15 is 0 Å². The Balaban J connectivity index is 0.000000123. The van der Waals surface area contributed by atoms with Crippen LogP contribution in [-0.4, -0.2) is 181 Å². The van der Waals surface area contributed by atoms with Crippen LogP contribution in [-0.2, 0) is 60.1 Å². The zero-order valence-corrected chi connectivity index (χ0v) is 71.4. The molecule has 0 amide bonds. The van der Waals surface area contributed by atoms with Gasteiger partial charge in [0.2, 0.25) is 0 Å². The first kappa shape index (κ1) is 85.6. The number of aliphatic hydroxyl groups is 6. The minimum atomic E-state index is -6.09. The van der Waals surface area contributed by atoms with E-state index in [0.717, 1.165) is 57.8 Å². The van der Waals surface area contributed by atoms with Crippen molar-refractivity contribution in [2.75, 3.05) is 19.8 Å². The third kappa shape index (κ3) is 18.7. The van der Waals surface area contributed by atoms with Gasteiger partial charge in [0.1, 0.15) is 59.3 Å². The van der Waals surface area contributed by atoms with Crippen molar-refractivity contribution in [3.8, 4) is 80.8 Å². The molecule has 16 aromatic rings. The molecule has 15 atom stereocenters. The van der Waals surface area contributed by atoms with E-state index in [1.807, 2.05) is 71.6 Å². The van der Waals surface area contributed by atoms with Crippen molar-refractivity contribution in [3.63, 3.8) is 0 Å². The number of hydrogen-bond acceptors (Lipinski definition) is 38. The summed E-state index contributed by atoms with van der Waals surface area (Å²) >= 11 is 13.5. The van der Waals surface area contributed by atoms with Crippen molar-refractivity contribution in [2.24, 2.45) is 0 Å². The standard InChI is InChI=1S/C23H21N3O6S2.C19H20N3O13P3S2.C19H17N3O4S2.C14H9N3S2/c1-12(28)30-20-15(10-27)32-23(21(20)31-13(2)29)26-11-25-19-14(7-8-24-22(19)26)16-5-6-18(34-16)17-4-3-9-33-17;23-16-11(8-32-37(28,29)35-38(30,31)34-36(25,26)27)33-19(17(16)24)22-9-21-15-10(5-6-20-18(15)22)12-3-4-14(40-12)13-2-1-7-39-13;23-8-11-16(24)17(25)19(26-11)22-9-21-15-10(5-6-20-18(15)22)12-3-4-14(28-12)13-2-1-7-27-13;1-2-11(18-7-1)12-4-3-10(19-12)9-5-6-15-14-13(9)16-8-17-14/h3-9,11,15,20-21,23,27H,10H2,1-2H3;1-7,9,11,16-17,19,23-24H,8H2,(H,28,29)(H,30,31)(H2,25,26,27);1-7,9,11,16-17,19,23-25H,8H2;1-8H,(H,15,16,17)/p-3/t15-,20?,21+,23-;2*11-,16?,17+,19-;/m111./s1. The number of thiophene rings is 8. The van der Waals surface area contributed by atoms with Gasteiger partial charge in [0.05, 0.1) is 50.6 Å². The molecule has 3 saturated heterocycles. The third-order valence-corrected chi connectivity index (χ3v) is 31.2. The number of phosphoric acid groups is 3. The van der Waals surface area contributed by atoms with Crippen molar-refractivity contribution in [1.82, 2.24) is 58.6 Å². The lowest BCUT2D eigenvalue weighted by Crippen LogP contribution is -2.40. The number of nitrogens with one attached hydrogen (secondary N) is 1. The maximum Gasteiger partial charge on any atom is 0.303 e. The van der Waals surface area contributed by atoms with Gasteiger partial charge in [-0.1, -0.05) is 24.3 Å². The number of fused-ring (bicyclic) bond motifs is 4. The van der Waals surface area contributed by atoms with Gasteiger partial charge >= 0.3 is 11.9 Å². The van der Waals surface area contributed by atoms with E-state index in [2.05, 4.69) is 129 Å². The molecule has 121 heavy (non-hydrogen) atoms. The molecular weight excluding hydrogens is 1790 g/mol. The molecule has 0 radical (unpaired) electrons. The summed E-state index contributed by atoms with van der Waals surface area (Å²) in [7, 11) is -17.8. The Morgan fingerprint density at radius 3 is 1.21 bits per heavy atom. The van der Waals surface area contributed by atoms with Crippen LogP contribution in [0.2, 0.25) is 0 Å². The van der Waals surface area contributed by atoms with Crippen LogP contribution in [0.15, 0.2) is 193 Å². The number of aromatic nitrogens is 12. The minimum Gasteiger partial charge on any atom is -0.756 e.